The Hall–Kier alpha value is -2.62. The zero-order chi connectivity index (χ0) is 20.5. The lowest BCUT2D eigenvalue weighted by Crippen LogP contribution is -2.45. The zero-order valence-corrected chi connectivity index (χ0v) is 17.5. The van der Waals surface area contributed by atoms with Gasteiger partial charge in [-0.1, -0.05) is 0 Å². The molecule has 3 aromatic rings. The van der Waals surface area contributed by atoms with Crippen molar-refractivity contribution in [3.05, 3.63) is 29.8 Å². The molecule has 1 amide bonds. The third kappa shape index (κ3) is 3.76. The van der Waals surface area contributed by atoms with E-state index in [4.69, 9.17) is 4.98 Å². The first-order chi connectivity index (χ1) is 14.7. The molecule has 2 aliphatic rings. The predicted molar refractivity (Wildman–Crippen MR) is 120 cm³/mol. The van der Waals surface area contributed by atoms with Crippen molar-refractivity contribution in [2.75, 3.05) is 44.2 Å². The minimum atomic E-state index is -0.153. The number of aromatic amines is 1. The van der Waals surface area contributed by atoms with Gasteiger partial charge in [0, 0.05) is 38.8 Å². The highest BCUT2D eigenvalue weighted by atomic mass is 32.1. The number of benzene rings is 1. The lowest BCUT2D eigenvalue weighted by Gasteiger charge is -2.27. The zero-order valence-electron chi connectivity index (χ0n) is 16.7. The van der Waals surface area contributed by atoms with E-state index in [1.807, 2.05) is 6.07 Å². The number of carbonyl (C=O) groups excluding carboxylic acids is 1. The van der Waals surface area contributed by atoms with Gasteiger partial charge in [-0.3, -0.25) is 4.79 Å². The number of hydrogen-bond acceptors (Lipinski definition) is 7. The number of phenols is 1. The molecule has 2 aromatic heterocycles. The number of aromatic hydroxyl groups is 1. The number of H-pyrrole nitrogens is 1. The molecule has 0 aliphatic carbocycles. The van der Waals surface area contributed by atoms with Gasteiger partial charge in [0.25, 0.3) is 5.91 Å². The van der Waals surface area contributed by atoms with Crippen LogP contribution >= 0.6 is 11.3 Å². The molecule has 0 radical (unpaired) electrons. The third-order valence-electron chi connectivity index (χ3n) is 5.75. The fraction of sp³-hybridized carbons (Fsp3) is 0.429. The lowest BCUT2D eigenvalue weighted by atomic mass is 10.1. The molecular weight excluding hydrogens is 400 g/mol. The van der Waals surface area contributed by atoms with Gasteiger partial charge < -0.3 is 30.9 Å². The molecule has 2 saturated heterocycles. The summed E-state index contributed by atoms with van der Waals surface area (Å²) in [6, 6.07) is 7.48. The summed E-state index contributed by atoms with van der Waals surface area (Å²) in [6.45, 7) is 5.72. The number of amides is 1. The molecule has 5 N–H and O–H groups in total. The van der Waals surface area contributed by atoms with Crippen molar-refractivity contribution in [1.82, 2.24) is 25.9 Å². The molecule has 1 aromatic carbocycles. The van der Waals surface area contributed by atoms with Gasteiger partial charge in [-0.25, -0.2) is 4.98 Å². The Labute approximate surface area is 178 Å². The van der Waals surface area contributed by atoms with Crippen LogP contribution in [0.4, 0.5) is 5.00 Å². The molecule has 5 rings (SSSR count). The Morgan fingerprint density at radius 3 is 2.83 bits per heavy atom. The normalized spacial score (nSPS) is 19.9. The minimum Gasteiger partial charge on any atom is -0.506 e. The number of imidazole rings is 1. The first-order valence-corrected chi connectivity index (χ1v) is 11.3. The largest absolute Gasteiger partial charge is 0.506 e. The first-order valence-electron chi connectivity index (χ1n) is 10.5. The minimum absolute atomic E-state index is 0.0958. The summed E-state index contributed by atoms with van der Waals surface area (Å²) in [6.07, 6.45) is 2.02. The second kappa shape index (κ2) is 8.25. The Morgan fingerprint density at radius 2 is 2.03 bits per heavy atom. The maximum atomic E-state index is 12.9. The SMILES string of the molecule is O=C(NC1CCCNC1)c1ccc(O)c2[nH]c(-c3ccc(N4CCNCC4)s3)nc12. The summed E-state index contributed by atoms with van der Waals surface area (Å²) in [7, 11) is 0. The van der Waals surface area contributed by atoms with E-state index in [1.165, 1.54) is 5.00 Å². The molecule has 4 heterocycles. The van der Waals surface area contributed by atoms with Gasteiger partial charge in [0.05, 0.1) is 15.4 Å². The highest BCUT2D eigenvalue weighted by Gasteiger charge is 2.22. The smallest absolute Gasteiger partial charge is 0.253 e. The molecule has 2 fully saturated rings. The maximum absolute atomic E-state index is 12.9. The Kier molecular flexibility index (Phi) is 5.32. The van der Waals surface area contributed by atoms with Crippen molar-refractivity contribution >= 4 is 33.3 Å². The molecule has 30 heavy (non-hydrogen) atoms. The van der Waals surface area contributed by atoms with Gasteiger partial charge in [-0.15, -0.1) is 11.3 Å². The summed E-state index contributed by atoms with van der Waals surface area (Å²) in [5.41, 5.74) is 1.48. The van der Waals surface area contributed by atoms with E-state index < -0.39 is 0 Å². The molecule has 0 spiro atoms. The van der Waals surface area contributed by atoms with E-state index in [1.54, 1.807) is 23.5 Å². The van der Waals surface area contributed by atoms with Crippen LogP contribution in [0.15, 0.2) is 24.3 Å². The fourth-order valence-corrected chi connectivity index (χ4v) is 5.13. The van der Waals surface area contributed by atoms with Crippen LogP contribution in [0.3, 0.4) is 0 Å². The molecule has 1 atom stereocenters. The van der Waals surface area contributed by atoms with Crippen molar-refractivity contribution in [3.63, 3.8) is 0 Å². The van der Waals surface area contributed by atoms with E-state index in [9.17, 15) is 9.90 Å². The average Bonchev–Trinajstić information content (AvgIpc) is 3.43. The molecular formula is C21H26N6O2S. The number of piperidine rings is 1. The van der Waals surface area contributed by atoms with E-state index in [0.29, 0.717) is 22.4 Å². The number of hydrogen-bond donors (Lipinski definition) is 5. The number of phenolic OH excluding ortho intramolecular Hbond substituents is 1. The van der Waals surface area contributed by atoms with Crippen LogP contribution in [0, 0.1) is 0 Å². The van der Waals surface area contributed by atoms with Crippen LogP contribution < -0.4 is 20.9 Å². The van der Waals surface area contributed by atoms with Crippen LogP contribution in [0.5, 0.6) is 5.75 Å². The van der Waals surface area contributed by atoms with Gasteiger partial charge in [0.15, 0.2) is 0 Å². The average molecular weight is 427 g/mol. The van der Waals surface area contributed by atoms with Gasteiger partial charge in [0.1, 0.15) is 22.6 Å². The Morgan fingerprint density at radius 1 is 1.17 bits per heavy atom. The van der Waals surface area contributed by atoms with Crippen LogP contribution in [-0.4, -0.2) is 66.3 Å². The highest BCUT2D eigenvalue weighted by Crippen LogP contribution is 2.35. The predicted octanol–water partition coefficient (Wildman–Crippen LogP) is 1.89. The van der Waals surface area contributed by atoms with Crippen molar-refractivity contribution in [2.24, 2.45) is 0 Å². The quantitative estimate of drug-likeness (QED) is 0.436. The number of carbonyl (C=O) groups is 1. The van der Waals surface area contributed by atoms with Crippen molar-refractivity contribution in [1.29, 1.82) is 0 Å². The van der Waals surface area contributed by atoms with Crippen LogP contribution in [0.25, 0.3) is 21.7 Å². The lowest BCUT2D eigenvalue weighted by molar-refractivity contribution is 0.0932. The van der Waals surface area contributed by atoms with Gasteiger partial charge >= 0.3 is 0 Å². The van der Waals surface area contributed by atoms with Crippen molar-refractivity contribution in [3.8, 4) is 16.5 Å². The first kappa shape index (κ1) is 19.3. The molecule has 2 aliphatic heterocycles. The molecule has 1 unspecified atom stereocenters. The summed E-state index contributed by atoms with van der Waals surface area (Å²) >= 11 is 1.67. The number of anilines is 1. The van der Waals surface area contributed by atoms with Crippen LogP contribution in [0.2, 0.25) is 0 Å². The third-order valence-corrected chi connectivity index (χ3v) is 6.91. The standard InChI is InChI=1S/C21H26N6O2S/c28-15-4-3-14(21(29)24-13-2-1-7-23-12-13)18-19(15)26-20(25-18)16-5-6-17(30-16)27-10-8-22-9-11-27/h3-6,13,22-23,28H,1-2,7-12H2,(H,24,29)(H,25,26). The molecule has 0 bridgehead atoms. The molecule has 0 saturated carbocycles. The summed E-state index contributed by atoms with van der Waals surface area (Å²) in [5, 5.41) is 21.3. The number of fused-ring (bicyclic) bond motifs is 1. The van der Waals surface area contributed by atoms with E-state index in [0.717, 1.165) is 57.0 Å². The highest BCUT2D eigenvalue weighted by molar-refractivity contribution is 7.19. The van der Waals surface area contributed by atoms with Gasteiger partial charge in [0.2, 0.25) is 0 Å². The van der Waals surface area contributed by atoms with Gasteiger partial charge in [-0.05, 0) is 43.7 Å². The van der Waals surface area contributed by atoms with Gasteiger partial charge in [-0.2, -0.15) is 0 Å². The second-order valence-corrected chi connectivity index (χ2v) is 8.90. The Balaban J connectivity index is 1.43. The van der Waals surface area contributed by atoms with E-state index in [-0.39, 0.29) is 17.7 Å². The number of thiophene rings is 1. The topological polar surface area (TPSA) is 105 Å². The second-order valence-electron chi connectivity index (χ2n) is 7.83. The molecule has 8 nitrogen and oxygen atoms in total. The number of aromatic nitrogens is 2. The van der Waals surface area contributed by atoms with Crippen molar-refractivity contribution in [2.45, 2.75) is 18.9 Å². The van der Waals surface area contributed by atoms with Crippen LogP contribution in [0.1, 0.15) is 23.2 Å². The summed E-state index contributed by atoms with van der Waals surface area (Å²) in [4.78, 5) is 24.2. The fourth-order valence-electron chi connectivity index (χ4n) is 4.13. The number of piperazine rings is 1. The number of nitrogens with one attached hydrogen (secondary N) is 4. The maximum Gasteiger partial charge on any atom is 0.253 e. The Bertz CT molecular complexity index is 1050. The number of nitrogens with zero attached hydrogens (tertiary/aromatic N) is 2. The van der Waals surface area contributed by atoms with E-state index in [2.05, 4.69) is 31.9 Å². The monoisotopic (exact) mass is 426 g/mol. The summed E-state index contributed by atoms with van der Waals surface area (Å²) in [5.74, 6) is 0.615. The number of rotatable bonds is 4. The van der Waals surface area contributed by atoms with Crippen LogP contribution in [-0.2, 0) is 0 Å². The van der Waals surface area contributed by atoms with E-state index >= 15 is 0 Å². The molecule has 9 heteroatoms. The molecule has 158 valence electrons. The van der Waals surface area contributed by atoms with Crippen molar-refractivity contribution < 1.29 is 9.90 Å². The summed E-state index contributed by atoms with van der Waals surface area (Å²) < 4.78 is 0.